The molecule has 0 unspecified atom stereocenters. The number of amides is 1. The summed E-state index contributed by atoms with van der Waals surface area (Å²) >= 11 is 0. The van der Waals surface area contributed by atoms with Gasteiger partial charge in [-0.3, -0.25) is 4.79 Å². The van der Waals surface area contributed by atoms with Crippen molar-refractivity contribution in [3.8, 4) is 0 Å². The lowest BCUT2D eigenvalue weighted by Gasteiger charge is -2.32. The third-order valence-corrected chi connectivity index (χ3v) is 5.80. The first-order valence-corrected chi connectivity index (χ1v) is 10.5. The van der Waals surface area contributed by atoms with Gasteiger partial charge in [-0.2, -0.15) is 13.2 Å². The Morgan fingerprint density at radius 2 is 2.03 bits per heavy atom. The summed E-state index contributed by atoms with van der Waals surface area (Å²) in [5.74, 6) is -0.522. The van der Waals surface area contributed by atoms with Crippen LogP contribution in [0.4, 0.5) is 13.2 Å². The molecule has 1 fully saturated rings. The van der Waals surface area contributed by atoms with E-state index in [4.69, 9.17) is 9.26 Å². The second kappa shape index (κ2) is 8.90. The Morgan fingerprint density at radius 3 is 2.69 bits per heavy atom. The highest BCUT2D eigenvalue weighted by molar-refractivity contribution is 5.94. The molecule has 170 valence electrons. The zero-order chi connectivity index (χ0) is 22.9. The predicted octanol–water partition coefficient (Wildman–Crippen LogP) is 4.97. The SMILES string of the molecule is CCc1cc(C(F)(F)F)c2c([C@H]3CCCN(C(=O)c4ccc(COC)cc4)C3)noc2n1. The van der Waals surface area contributed by atoms with Gasteiger partial charge in [0.05, 0.1) is 23.3 Å². The first kappa shape index (κ1) is 22.3. The smallest absolute Gasteiger partial charge is 0.380 e. The van der Waals surface area contributed by atoms with Gasteiger partial charge in [-0.15, -0.1) is 0 Å². The molecule has 3 aromatic rings. The summed E-state index contributed by atoms with van der Waals surface area (Å²) in [6.07, 6.45) is -2.93. The van der Waals surface area contributed by atoms with Crippen LogP contribution in [-0.2, 0) is 23.9 Å². The van der Waals surface area contributed by atoms with Crippen molar-refractivity contribution < 1.29 is 27.2 Å². The molecule has 32 heavy (non-hydrogen) atoms. The Bertz CT molecular complexity index is 1110. The Kier molecular flexibility index (Phi) is 6.19. The first-order valence-electron chi connectivity index (χ1n) is 10.5. The number of halogens is 3. The summed E-state index contributed by atoms with van der Waals surface area (Å²) < 4.78 is 51.7. The van der Waals surface area contributed by atoms with Crippen molar-refractivity contribution in [2.45, 2.75) is 44.9 Å². The highest BCUT2D eigenvalue weighted by atomic mass is 19.4. The van der Waals surface area contributed by atoms with Gasteiger partial charge >= 0.3 is 6.18 Å². The average molecular weight is 447 g/mol. The summed E-state index contributed by atoms with van der Waals surface area (Å²) in [4.78, 5) is 18.9. The number of nitrogens with zero attached hydrogens (tertiary/aromatic N) is 3. The normalized spacial score (nSPS) is 17.2. The maximum absolute atomic E-state index is 13.8. The number of carbonyl (C=O) groups excluding carboxylic acids is 1. The molecular weight excluding hydrogens is 423 g/mol. The molecule has 1 aliphatic heterocycles. The van der Waals surface area contributed by atoms with E-state index in [2.05, 4.69) is 10.1 Å². The first-order chi connectivity index (χ1) is 15.3. The van der Waals surface area contributed by atoms with Crippen molar-refractivity contribution in [2.24, 2.45) is 0 Å². The van der Waals surface area contributed by atoms with Crippen LogP contribution in [0.25, 0.3) is 11.1 Å². The number of likely N-dealkylation sites (tertiary alicyclic amines) is 1. The van der Waals surface area contributed by atoms with Gasteiger partial charge in [0.1, 0.15) is 0 Å². The Morgan fingerprint density at radius 1 is 1.28 bits per heavy atom. The van der Waals surface area contributed by atoms with Crippen molar-refractivity contribution in [1.29, 1.82) is 0 Å². The van der Waals surface area contributed by atoms with Crippen LogP contribution in [0.5, 0.6) is 0 Å². The average Bonchev–Trinajstić information content (AvgIpc) is 3.22. The van der Waals surface area contributed by atoms with Crippen molar-refractivity contribution in [3.05, 3.63) is 58.4 Å². The summed E-state index contributed by atoms with van der Waals surface area (Å²) in [7, 11) is 1.60. The maximum Gasteiger partial charge on any atom is 0.417 e. The van der Waals surface area contributed by atoms with Gasteiger partial charge in [0, 0.05) is 37.4 Å². The molecule has 0 spiro atoms. The van der Waals surface area contributed by atoms with E-state index in [0.717, 1.165) is 11.6 Å². The third-order valence-electron chi connectivity index (χ3n) is 5.80. The second-order valence-corrected chi connectivity index (χ2v) is 7.98. The molecular formula is C23H24F3N3O3. The molecule has 1 atom stereocenters. The van der Waals surface area contributed by atoms with Gasteiger partial charge in [-0.05, 0) is 43.0 Å². The lowest BCUT2D eigenvalue weighted by molar-refractivity contribution is -0.136. The highest BCUT2D eigenvalue weighted by Crippen LogP contribution is 2.40. The van der Waals surface area contributed by atoms with E-state index in [9.17, 15) is 18.0 Å². The van der Waals surface area contributed by atoms with E-state index in [0.29, 0.717) is 43.7 Å². The van der Waals surface area contributed by atoms with Crippen molar-refractivity contribution in [1.82, 2.24) is 15.0 Å². The van der Waals surface area contributed by atoms with Crippen molar-refractivity contribution in [2.75, 3.05) is 20.2 Å². The van der Waals surface area contributed by atoms with E-state index in [1.165, 1.54) is 0 Å². The number of ether oxygens (including phenoxy) is 1. The van der Waals surface area contributed by atoms with Crippen LogP contribution in [-0.4, -0.2) is 41.1 Å². The molecule has 1 aliphatic rings. The number of pyridine rings is 1. The number of aryl methyl sites for hydroxylation is 1. The molecule has 1 saturated heterocycles. The quantitative estimate of drug-likeness (QED) is 0.552. The lowest BCUT2D eigenvalue weighted by Crippen LogP contribution is -2.39. The van der Waals surface area contributed by atoms with E-state index >= 15 is 0 Å². The van der Waals surface area contributed by atoms with Crippen LogP contribution in [0.15, 0.2) is 34.9 Å². The van der Waals surface area contributed by atoms with Gasteiger partial charge in [-0.25, -0.2) is 4.98 Å². The molecule has 0 N–H and O–H groups in total. The zero-order valence-corrected chi connectivity index (χ0v) is 17.9. The Hall–Kier alpha value is -2.94. The van der Waals surface area contributed by atoms with Crippen LogP contribution >= 0.6 is 0 Å². The van der Waals surface area contributed by atoms with Gasteiger partial charge in [0.2, 0.25) is 0 Å². The topological polar surface area (TPSA) is 68.5 Å². The summed E-state index contributed by atoms with van der Waals surface area (Å²) in [6, 6.07) is 8.20. The summed E-state index contributed by atoms with van der Waals surface area (Å²) in [6.45, 7) is 3.00. The van der Waals surface area contributed by atoms with Crippen LogP contribution in [0.2, 0.25) is 0 Å². The third kappa shape index (κ3) is 4.34. The number of alkyl halides is 3. The molecule has 1 aromatic carbocycles. The van der Waals surface area contributed by atoms with Crippen LogP contribution < -0.4 is 0 Å². The zero-order valence-electron chi connectivity index (χ0n) is 17.9. The van der Waals surface area contributed by atoms with E-state index in [-0.39, 0.29) is 35.2 Å². The largest absolute Gasteiger partial charge is 0.417 e. The summed E-state index contributed by atoms with van der Waals surface area (Å²) in [5.41, 5.74) is 1.10. The van der Waals surface area contributed by atoms with Crippen LogP contribution in [0, 0.1) is 0 Å². The number of rotatable bonds is 5. The van der Waals surface area contributed by atoms with E-state index < -0.39 is 11.7 Å². The minimum absolute atomic E-state index is 0.0992. The molecule has 6 nitrogen and oxygen atoms in total. The molecule has 4 rings (SSSR count). The number of benzene rings is 1. The van der Waals surface area contributed by atoms with Crippen molar-refractivity contribution >= 4 is 17.0 Å². The van der Waals surface area contributed by atoms with E-state index in [1.807, 2.05) is 12.1 Å². The molecule has 3 heterocycles. The van der Waals surface area contributed by atoms with Gasteiger partial charge in [-0.1, -0.05) is 24.2 Å². The number of aromatic nitrogens is 2. The fraction of sp³-hybridized carbons (Fsp3) is 0.435. The molecule has 0 bridgehead atoms. The maximum atomic E-state index is 13.8. The minimum atomic E-state index is -4.56. The number of methoxy groups -OCH3 is 1. The highest BCUT2D eigenvalue weighted by Gasteiger charge is 2.38. The molecule has 2 aromatic heterocycles. The molecule has 0 saturated carbocycles. The number of hydrogen-bond acceptors (Lipinski definition) is 5. The van der Waals surface area contributed by atoms with Crippen molar-refractivity contribution in [3.63, 3.8) is 0 Å². The number of piperidine rings is 1. The number of fused-ring (bicyclic) bond motifs is 1. The second-order valence-electron chi connectivity index (χ2n) is 7.98. The minimum Gasteiger partial charge on any atom is -0.380 e. The fourth-order valence-corrected chi connectivity index (χ4v) is 4.19. The molecule has 1 amide bonds. The fourth-order valence-electron chi connectivity index (χ4n) is 4.19. The molecule has 0 aliphatic carbocycles. The molecule has 9 heteroatoms. The standard InChI is InChI=1S/C23H24F3N3O3/c1-3-17-11-18(23(24,25)26)19-20(28-32-21(19)27-17)16-5-4-10-29(12-16)22(30)15-8-6-14(7-9-15)13-31-2/h6-9,11,16H,3-5,10,12-13H2,1-2H3/t16-/m0/s1. The van der Waals surface area contributed by atoms with E-state index in [1.54, 1.807) is 31.1 Å². The van der Waals surface area contributed by atoms with Crippen LogP contribution in [0.1, 0.15) is 58.6 Å². The summed E-state index contributed by atoms with van der Waals surface area (Å²) in [5, 5.41) is 3.88. The van der Waals surface area contributed by atoms with Gasteiger partial charge < -0.3 is 14.2 Å². The van der Waals surface area contributed by atoms with Crippen LogP contribution in [0.3, 0.4) is 0 Å². The van der Waals surface area contributed by atoms with Gasteiger partial charge in [0.25, 0.3) is 11.6 Å². The van der Waals surface area contributed by atoms with Gasteiger partial charge in [0.15, 0.2) is 0 Å². The molecule has 0 radical (unpaired) electrons. The Labute approximate surface area is 183 Å². The Balaban J connectivity index is 1.63. The predicted molar refractivity (Wildman–Crippen MR) is 111 cm³/mol. The number of hydrogen-bond donors (Lipinski definition) is 0. The monoisotopic (exact) mass is 447 g/mol. The number of carbonyl (C=O) groups is 1. The lowest BCUT2D eigenvalue weighted by atomic mass is 9.91.